The molecule has 0 radical (unpaired) electrons. The second-order valence-electron chi connectivity index (χ2n) is 1.32. The Hall–Kier alpha value is -1.44. The fourth-order valence-corrected chi connectivity index (χ4v) is 0. The van der Waals surface area contributed by atoms with E-state index in [1.165, 1.54) is 0 Å². The van der Waals surface area contributed by atoms with Gasteiger partial charge in [-0.2, -0.15) is 0 Å². The van der Waals surface area contributed by atoms with E-state index in [0.29, 0.717) is 0 Å². The zero-order valence-electron chi connectivity index (χ0n) is 6.51. The van der Waals surface area contributed by atoms with Crippen LogP contribution in [0.1, 0.15) is 13.8 Å². The van der Waals surface area contributed by atoms with Crippen LogP contribution in [0.25, 0.3) is 0 Å². The Morgan fingerprint density at radius 3 is 1.00 bits per heavy atom. The number of carboxylic acids is 2. The summed E-state index contributed by atoms with van der Waals surface area (Å²) in [6, 6.07) is 0. The SMILES string of the molecule is CC(=O)O.CC(=O)O.O=[Si](O)O. The Bertz CT molecular complexity index is 113. The zero-order chi connectivity index (χ0) is 10.7. The van der Waals surface area contributed by atoms with Crippen LogP contribution in [0.2, 0.25) is 0 Å². The van der Waals surface area contributed by atoms with Crippen LogP contribution in [0, 0.1) is 0 Å². The van der Waals surface area contributed by atoms with Crippen molar-refractivity contribution in [3.8, 4) is 0 Å². The molecule has 4 N–H and O–H groups in total. The third-order valence-corrected chi connectivity index (χ3v) is 0. The molecule has 0 amide bonds. The maximum absolute atomic E-state index is 9.00. The monoisotopic (exact) mass is 198 g/mol. The standard InChI is InChI=1S/2C2H4O2.H2O3Si/c2*1-2(3)4;1-4(2)3/h2*1H3,(H,3,4);1-2H. The van der Waals surface area contributed by atoms with E-state index in [1.54, 1.807) is 0 Å². The van der Waals surface area contributed by atoms with E-state index >= 15 is 0 Å². The van der Waals surface area contributed by atoms with Crippen molar-refractivity contribution in [2.75, 3.05) is 0 Å². The molecule has 0 aliphatic heterocycles. The van der Waals surface area contributed by atoms with E-state index in [9.17, 15) is 0 Å². The van der Waals surface area contributed by atoms with Gasteiger partial charge in [0.25, 0.3) is 11.9 Å². The van der Waals surface area contributed by atoms with Crippen molar-refractivity contribution in [2.24, 2.45) is 0 Å². The summed E-state index contributed by atoms with van der Waals surface area (Å²) in [5, 5.41) is 14.8. The average molecular weight is 198 g/mol. The maximum Gasteiger partial charge on any atom is 0.761 e. The molecule has 0 bridgehead atoms. The molecule has 0 aromatic heterocycles. The number of rotatable bonds is 0. The van der Waals surface area contributed by atoms with Crippen molar-refractivity contribution < 1.29 is 33.9 Å². The Balaban J connectivity index is -0.000000101. The number of aliphatic carboxylic acids is 2. The highest BCUT2D eigenvalue weighted by atomic mass is 28.3. The van der Waals surface area contributed by atoms with E-state index in [-0.39, 0.29) is 0 Å². The van der Waals surface area contributed by atoms with E-state index in [2.05, 4.69) is 0 Å². The van der Waals surface area contributed by atoms with Crippen molar-refractivity contribution >= 4 is 21.1 Å². The Labute approximate surface area is 69.8 Å². The van der Waals surface area contributed by atoms with Crippen molar-refractivity contribution in [3.05, 3.63) is 0 Å². The van der Waals surface area contributed by atoms with Gasteiger partial charge in [0.1, 0.15) is 0 Å². The summed E-state index contributed by atoms with van der Waals surface area (Å²) in [6.45, 7) is 2.17. The van der Waals surface area contributed by atoms with Crippen LogP contribution in [-0.2, 0) is 14.1 Å². The van der Waals surface area contributed by atoms with Crippen molar-refractivity contribution in [1.29, 1.82) is 0 Å². The smallest absolute Gasteiger partial charge is 0.511 e. The quantitative estimate of drug-likeness (QED) is 0.351. The molecule has 0 saturated carbocycles. The first kappa shape index (κ1) is 16.9. The largest absolute Gasteiger partial charge is 0.761 e. The van der Waals surface area contributed by atoms with Crippen LogP contribution >= 0.6 is 0 Å². The highest BCUT2D eigenvalue weighted by Crippen LogP contribution is 1.42. The molecule has 0 rings (SSSR count). The molecular formula is C4H10O7Si. The van der Waals surface area contributed by atoms with Crippen LogP contribution in [0.15, 0.2) is 0 Å². The lowest BCUT2D eigenvalue weighted by Crippen LogP contribution is -1.90. The van der Waals surface area contributed by atoms with Gasteiger partial charge < -0.3 is 19.8 Å². The molecule has 8 heteroatoms. The molecule has 7 nitrogen and oxygen atoms in total. The highest BCUT2D eigenvalue weighted by Gasteiger charge is 1.85. The van der Waals surface area contributed by atoms with Gasteiger partial charge in [0.05, 0.1) is 0 Å². The normalized spacial score (nSPS) is 6.17. The molecule has 12 heavy (non-hydrogen) atoms. The predicted molar refractivity (Wildman–Crippen MR) is 37.5 cm³/mol. The molecule has 0 heterocycles. The van der Waals surface area contributed by atoms with Crippen LogP contribution in [0.4, 0.5) is 0 Å². The third-order valence-electron chi connectivity index (χ3n) is 0. The van der Waals surface area contributed by atoms with Gasteiger partial charge in [0.2, 0.25) is 0 Å². The lowest BCUT2D eigenvalue weighted by Gasteiger charge is -1.59. The molecule has 0 unspecified atom stereocenters. The zero-order valence-corrected chi connectivity index (χ0v) is 7.51. The van der Waals surface area contributed by atoms with Gasteiger partial charge in [-0.3, -0.25) is 14.1 Å². The summed E-state index contributed by atoms with van der Waals surface area (Å²) in [5.74, 6) is -1.67. The minimum atomic E-state index is -3.13. The first-order chi connectivity index (χ1) is 5.20. The fourth-order valence-electron chi connectivity index (χ4n) is 0. The topological polar surface area (TPSA) is 132 Å². The minimum absolute atomic E-state index is 0.833. The summed E-state index contributed by atoms with van der Waals surface area (Å²) < 4.78 is 8.74. The van der Waals surface area contributed by atoms with E-state index in [0.717, 1.165) is 13.8 Å². The van der Waals surface area contributed by atoms with Gasteiger partial charge in [0.15, 0.2) is 0 Å². The molecule has 0 aromatic rings. The summed E-state index contributed by atoms with van der Waals surface area (Å²) >= 11 is 0. The lowest BCUT2D eigenvalue weighted by molar-refractivity contribution is -0.135. The van der Waals surface area contributed by atoms with Crippen LogP contribution in [0.3, 0.4) is 0 Å². The molecule has 0 aromatic carbocycles. The van der Waals surface area contributed by atoms with Crippen molar-refractivity contribution in [1.82, 2.24) is 0 Å². The van der Waals surface area contributed by atoms with Crippen LogP contribution < -0.4 is 0 Å². The van der Waals surface area contributed by atoms with Gasteiger partial charge in [-0.25, -0.2) is 0 Å². The van der Waals surface area contributed by atoms with E-state index in [4.69, 9.17) is 33.9 Å². The van der Waals surface area contributed by atoms with Crippen LogP contribution in [-0.4, -0.2) is 40.9 Å². The number of carbonyl (C=O) groups is 2. The highest BCUT2D eigenvalue weighted by molar-refractivity contribution is 6.22. The lowest BCUT2D eigenvalue weighted by atomic mass is 10.9. The van der Waals surface area contributed by atoms with Gasteiger partial charge in [0, 0.05) is 13.8 Å². The molecule has 0 atom stereocenters. The van der Waals surface area contributed by atoms with E-state index in [1.807, 2.05) is 0 Å². The van der Waals surface area contributed by atoms with Crippen LogP contribution in [0.5, 0.6) is 0 Å². The molecule has 72 valence electrons. The maximum atomic E-state index is 9.00. The summed E-state index contributed by atoms with van der Waals surface area (Å²) in [5.41, 5.74) is 0. The van der Waals surface area contributed by atoms with Crippen molar-refractivity contribution in [3.63, 3.8) is 0 Å². The summed E-state index contributed by atoms with van der Waals surface area (Å²) in [6.07, 6.45) is 0. The molecule has 0 aliphatic carbocycles. The summed E-state index contributed by atoms with van der Waals surface area (Å²) in [4.78, 5) is 32.3. The number of carboxylic acid groups (broad SMARTS) is 2. The number of hydrogen-bond acceptors (Lipinski definition) is 3. The number of hydrogen-bond donors (Lipinski definition) is 4. The molecular weight excluding hydrogens is 188 g/mol. The fraction of sp³-hybridized carbons (Fsp3) is 0.500. The Morgan fingerprint density at radius 1 is 1.00 bits per heavy atom. The Morgan fingerprint density at radius 2 is 1.00 bits per heavy atom. The van der Waals surface area contributed by atoms with Gasteiger partial charge in [-0.05, 0) is 0 Å². The van der Waals surface area contributed by atoms with Gasteiger partial charge >= 0.3 is 9.17 Å². The average Bonchev–Trinajstić information content (AvgIpc) is 1.54. The van der Waals surface area contributed by atoms with Gasteiger partial charge in [-0.1, -0.05) is 0 Å². The second-order valence-corrected chi connectivity index (χ2v) is 1.89. The first-order valence-electron chi connectivity index (χ1n) is 2.51. The molecule has 0 spiro atoms. The molecule has 0 fully saturated rings. The third kappa shape index (κ3) is 235. The van der Waals surface area contributed by atoms with Gasteiger partial charge in [-0.15, -0.1) is 0 Å². The van der Waals surface area contributed by atoms with Crippen molar-refractivity contribution in [2.45, 2.75) is 13.8 Å². The summed E-state index contributed by atoms with van der Waals surface area (Å²) in [7, 11) is -3.13. The Kier molecular flexibility index (Phi) is 17.2. The molecule has 0 aliphatic rings. The van der Waals surface area contributed by atoms with E-state index < -0.39 is 21.1 Å². The second kappa shape index (κ2) is 12.3. The molecule has 0 saturated heterocycles. The predicted octanol–water partition coefficient (Wildman–Crippen LogP) is -1.43. The first-order valence-corrected chi connectivity index (χ1v) is 3.81. The minimum Gasteiger partial charge on any atom is -0.511 e.